The van der Waals surface area contributed by atoms with Crippen LogP contribution in [0, 0.1) is 0 Å². The van der Waals surface area contributed by atoms with Crippen LogP contribution in [0.4, 0.5) is 0 Å². The average Bonchev–Trinajstić information content (AvgIpc) is 2.39. The normalized spacial score (nSPS) is 12.2. The van der Waals surface area contributed by atoms with Gasteiger partial charge in [0.25, 0.3) is 0 Å². The van der Waals surface area contributed by atoms with Gasteiger partial charge >= 0.3 is 0 Å². The van der Waals surface area contributed by atoms with Crippen LogP contribution >= 0.6 is 0 Å². The lowest BCUT2D eigenvalue weighted by Crippen LogP contribution is -2.29. The molecule has 3 nitrogen and oxygen atoms in total. The van der Waals surface area contributed by atoms with Crippen molar-refractivity contribution in [2.24, 2.45) is 0 Å². The predicted molar refractivity (Wildman–Crippen MR) is 75.5 cm³/mol. The van der Waals surface area contributed by atoms with Crippen molar-refractivity contribution in [3.63, 3.8) is 0 Å². The smallest absolute Gasteiger partial charge is 0.120 e. The number of benzene rings is 1. The number of nitrogens with one attached hydrogen (secondary N) is 1. The minimum atomic E-state index is 0.181. The summed E-state index contributed by atoms with van der Waals surface area (Å²) in [7, 11) is 1.67. The molecule has 0 aromatic heterocycles. The highest BCUT2D eigenvalue weighted by molar-refractivity contribution is 5.31. The van der Waals surface area contributed by atoms with Gasteiger partial charge in [0, 0.05) is 6.54 Å². The summed E-state index contributed by atoms with van der Waals surface area (Å²) in [5, 5.41) is 3.41. The van der Waals surface area contributed by atoms with E-state index in [0.717, 1.165) is 24.6 Å². The zero-order valence-electron chi connectivity index (χ0n) is 11.7. The van der Waals surface area contributed by atoms with Crippen LogP contribution < -0.4 is 14.8 Å². The highest BCUT2D eigenvalue weighted by Gasteiger charge is 2.03. The Morgan fingerprint density at radius 3 is 2.39 bits per heavy atom. The van der Waals surface area contributed by atoms with Gasteiger partial charge in [0.1, 0.15) is 17.6 Å². The van der Waals surface area contributed by atoms with Crippen LogP contribution in [0.5, 0.6) is 11.5 Å². The van der Waals surface area contributed by atoms with Crippen LogP contribution in [-0.2, 0) is 0 Å². The zero-order valence-corrected chi connectivity index (χ0v) is 11.7. The Hall–Kier alpha value is -1.22. The van der Waals surface area contributed by atoms with Crippen molar-refractivity contribution in [3.8, 4) is 11.5 Å². The van der Waals surface area contributed by atoms with E-state index in [-0.39, 0.29) is 6.10 Å². The minimum Gasteiger partial charge on any atom is -0.497 e. The minimum absolute atomic E-state index is 0.181. The molecule has 0 saturated heterocycles. The van der Waals surface area contributed by atoms with Gasteiger partial charge in [0.05, 0.1) is 7.11 Å². The van der Waals surface area contributed by atoms with E-state index in [1.165, 1.54) is 19.3 Å². The molecular weight excluding hydrogens is 226 g/mol. The number of methoxy groups -OCH3 is 1. The highest BCUT2D eigenvalue weighted by Crippen LogP contribution is 2.17. The molecule has 1 unspecified atom stereocenters. The van der Waals surface area contributed by atoms with E-state index >= 15 is 0 Å². The van der Waals surface area contributed by atoms with E-state index in [9.17, 15) is 0 Å². The Labute approximate surface area is 110 Å². The van der Waals surface area contributed by atoms with Crippen LogP contribution in [0.15, 0.2) is 24.3 Å². The van der Waals surface area contributed by atoms with E-state index in [1.54, 1.807) is 7.11 Å². The van der Waals surface area contributed by atoms with Crippen molar-refractivity contribution in [3.05, 3.63) is 24.3 Å². The Balaban J connectivity index is 2.20. The van der Waals surface area contributed by atoms with E-state index in [4.69, 9.17) is 9.47 Å². The maximum Gasteiger partial charge on any atom is 0.120 e. The molecule has 1 atom stereocenters. The van der Waals surface area contributed by atoms with Crippen LogP contribution in [0.25, 0.3) is 0 Å². The first-order valence-electron chi connectivity index (χ1n) is 6.77. The molecule has 0 aliphatic heterocycles. The molecule has 1 N–H and O–H groups in total. The standard InChI is InChI=1S/C15H25NO2/c1-4-5-6-11-16-12-13(2)18-15-9-7-14(17-3)8-10-15/h7-10,13,16H,4-6,11-12H2,1-3H3. The fourth-order valence-corrected chi connectivity index (χ4v) is 1.73. The van der Waals surface area contributed by atoms with Crippen molar-refractivity contribution < 1.29 is 9.47 Å². The second-order valence-electron chi connectivity index (χ2n) is 4.52. The molecule has 0 aliphatic rings. The lowest BCUT2D eigenvalue weighted by molar-refractivity contribution is 0.217. The summed E-state index contributed by atoms with van der Waals surface area (Å²) in [6.45, 7) is 6.26. The maximum atomic E-state index is 5.80. The van der Waals surface area contributed by atoms with Crippen LogP contribution in [0.2, 0.25) is 0 Å². The number of ether oxygens (including phenoxy) is 2. The zero-order chi connectivity index (χ0) is 13.2. The van der Waals surface area contributed by atoms with Crippen LogP contribution in [0.3, 0.4) is 0 Å². The topological polar surface area (TPSA) is 30.5 Å². The van der Waals surface area contributed by atoms with E-state index in [1.807, 2.05) is 24.3 Å². The Kier molecular flexibility index (Phi) is 7.26. The van der Waals surface area contributed by atoms with Gasteiger partial charge < -0.3 is 14.8 Å². The van der Waals surface area contributed by atoms with Crippen molar-refractivity contribution in [1.82, 2.24) is 5.32 Å². The third-order valence-corrected chi connectivity index (χ3v) is 2.79. The molecule has 0 amide bonds. The Morgan fingerprint density at radius 1 is 1.11 bits per heavy atom. The van der Waals surface area contributed by atoms with Crippen LogP contribution in [-0.4, -0.2) is 26.3 Å². The second-order valence-corrected chi connectivity index (χ2v) is 4.52. The molecular formula is C15H25NO2. The molecule has 3 heteroatoms. The molecule has 102 valence electrons. The van der Waals surface area contributed by atoms with Gasteiger partial charge in [-0.1, -0.05) is 19.8 Å². The molecule has 0 bridgehead atoms. The van der Waals surface area contributed by atoms with E-state index in [0.29, 0.717) is 0 Å². The van der Waals surface area contributed by atoms with Crippen molar-refractivity contribution in [2.45, 2.75) is 39.2 Å². The highest BCUT2D eigenvalue weighted by atomic mass is 16.5. The van der Waals surface area contributed by atoms with Crippen molar-refractivity contribution in [1.29, 1.82) is 0 Å². The van der Waals surface area contributed by atoms with E-state index < -0.39 is 0 Å². The van der Waals surface area contributed by atoms with E-state index in [2.05, 4.69) is 19.2 Å². The van der Waals surface area contributed by atoms with Gasteiger partial charge in [-0.15, -0.1) is 0 Å². The molecule has 0 radical (unpaired) electrons. The molecule has 1 aromatic rings. The molecule has 18 heavy (non-hydrogen) atoms. The fourth-order valence-electron chi connectivity index (χ4n) is 1.73. The monoisotopic (exact) mass is 251 g/mol. The lowest BCUT2D eigenvalue weighted by atomic mass is 10.2. The largest absolute Gasteiger partial charge is 0.497 e. The molecule has 0 aliphatic carbocycles. The van der Waals surface area contributed by atoms with Gasteiger partial charge in [-0.05, 0) is 44.2 Å². The summed E-state index contributed by atoms with van der Waals surface area (Å²) < 4.78 is 10.9. The Bertz CT molecular complexity index is 311. The number of hydrogen-bond donors (Lipinski definition) is 1. The summed E-state index contributed by atoms with van der Waals surface area (Å²) in [6, 6.07) is 7.70. The first-order chi connectivity index (χ1) is 8.76. The molecule has 0 spiro atoms. The SMILES string of the molecule is CCCCCNCC(C)Oc1ccc(OC)cc1. The van der Waals surface area contributed by atoms with Gasteiger partial charge in [-0.25, -0.2) is 0 Å². The quantitative estimate of drug-likeness (QED) is 0.683. The number of rotatable bonds is 9. The first-order valence-corrected chi connectivity index (χ1v) is 6.77. The molecule has 0 fully saturated rings. The molecule has 1 aromatic carbocycles. The predicted octanol–water partition coefficient (Wildman–Crippen LogP) is 3.24. The summed E-state index contributed by atoms with van der Waals surface area (Å²) in [6.07, 6.45) is 3.98. The number of hydrogen-bond acceptors (Lipinski definition) is 3. The first kappa shape index (κ1) is 14.8. The summed E-state index contributed by atoms with van der Waals surface area (Å²) in [5.74, 6) is 1.74. The van der Waals surface area contributed by atoms with Crippen LogP contribution in [0.1, 0.15) is 33.1 Å². The summed E-state index contributed by atoms with van der Waals surface area (Å²) in [5.41, 5.74) is 0. The summed E-state index contributed by atoms with van der Waals surface area (Å²) in [4.78, 5) is 0. The van der Waals surface area contributed by atoms with Gasteiger partial charge in [0.15, 0.2) is 0 Å². The number of unbranched alkanes of at least 4 members (excludes halogenated alkanes) is 2. The third kappa shape index (κ3) is 5.92. The molecule has 1 rings (SSSR count). The second kappa shape index (κ2) is 8.81. The fraction of sp³-hybridized carbons (Fsp3) is 0.600. The van der Waals surface area contributed by atoms with Gasteiger partial charge in [-0.3, -0.25) is 0 Å². The third-order valence-electron chi connectivity index (χ3n) is 2.79. The lowest BCUT2D eigenvalue weighted by Gasteiger charge is -2.15. The average molecular weight is 251 g/mol. The Morgan fingerprint density at radius 2 is 1.78 bits per heavy atom. The van der Waals surface area contributed by atoms with Crippen molar-refractivity contribution in [2.75, 3.05) is 20.2 Å². The van der Waals surface area contributed by atoms with Gasteiger partial charge in [0.2, 0.25) is 0 Å². The molecule has 0 saturated carbocycles. The maximum absolute atomic E-state index is 5.80. The van der Waals surface area contributed by atoms with Gasteiger partial charge in [-0.2, -0.15) is 0 Å². The molecule has 0 heterocycles. The summed E-state index contributed by atoms with van der Waals surface area (Å²) >= 11 is 0. The van der Waals surface area contributed by atoms with Crippen molar-refractivity contribution >= 4 is 0 Å².